The second kappa shape index (κ2) is 4.43. The number of nitrogens with one attached hydrogen (secondary N) is 1. The van der Waals surface area contributed by atoms with E-state index < -0.39 is 0 Å². The van der Waals surface area contributed by atoms with E-state index in [9.17, 15) is 0 Å². The topological polar surface area (TPSA) is 21.3 Å². The summed E-state index contributed by atoms with van der Waals surface area (Å²) in [7, 11) is 1.89. The third kappa shape index (κ3) is 2.12. The quantitative estimate of drug-likeness (QED) is 0.861. The first kappa shape index (κ1) is 11.2. The Morgan fingerprint density at radius 1 is 1.18 bits per heavy atom. The number of rotatable bonds is 3. The zero-order valence-electron chi connectivity index (χ0n) is 10.5. The molecule has 0 spiro atoms. The molecule has 0 aromatic heterocycles. The molecule has 2 fully saturated rings. The molecule has 2 nitrogen and oxygen atoms in total. The maximum Gasteiger partial charge on any atom is 0.0725 e. The van der Waals surface area contributed by atoms with Crippen LogP contribution in [0.3, 0.4) is 0 Å². The monoisotopic (exact) mass is 231 g/mol. The second-order valence-electron chi connectivity index (χ2n) is 5.64. The minimum Gasteiger partial charge on any atom is -0.378 e. The highest BCUT2D eigenvalue weighted by atomic mass is 16.5. The molecule has 1 unspecified atom stereocenters. The molecule has 1 aromatic rings. The molecule has 2 heteroatoms. The van der Waals surface area contributed by atoms with E-state index in [-0.39, 0.29) is 5.60 Å². The molecular formula is C15H21NO. The molecule has 2 aliphatic rings. The van der Waals surface area contributed by atoms with Crippen LogP contribution in [0.1, 0.15) is 18.4 Å². The fourth-order valence-electron chi connectivity index (χ4n) is 3.66. The first-order chi connectivity index (χ1) is 8.31. The van der Waals surface area contributed by atoms with Crippen LogP contribution in [0.5, 0.6) is 0 Å². The number of benzene rings is 1. The lowest BCUT2D eigenvalue weighted by Gasteiger charge is -2.29. The van der Waals surface area contributed by atoms with Crippen LogP contribution < -0.4 is 5.32 Å². The zero-order valence-corrected chi connectivity index (χ0v) is 10.5. The fraction of sp³-hybridized carbons (Fsp3) is 0.600. The largest absolute Gasteiger partial charge is 0.378 e. The highest BCUT2D eigenvalue weighted by Crippen LogP contribution is 2.44. The molecule has 17 heavy (non-hydrogen) atoms. The molecule has 1 N–H and O–H groups in total. The van der Waals surface area contributed by atoms with Crippen molar-refractivity contribution in [2.24, 2.45) is 11.8 Å². The van der Waals surface area contributed by atoms with Gasteiger partial charge in [-0.2, -0.15) is 0 Å². The van der Waals surface area contributed by atoms with Gasteiger partial charge in [-0.15, -0.1) is 0 Å². The first-order valence-corrected chi connectivity index (χ1v) is 6.61. The molecule has 1 saturated carbocycles. The van der Waals surface area contributed by atoms with Crippen LogP contribution in [-0.2, 0) is 11.2 Å². The minimum absolute atomic E-state index is 0.0960. The lowest BCUT2D eigenvalue weighted by molar-refractivity contribution is -0.0102. The van der Waals surface area contributed by atoms with Crippen molar-refractivity contribution < 1.29 is 4.74 Å². The summed E-state index contributed by atoms with van der Waals surface area (Å²) in [6.45, 7) is 2.37. The molecule has 1 saturated heterocycles. The van der Waals surface area contributed by atoms with Gasteiger partial charge < -0.3 is 10.1 Å². The summed E-state index contributed by atoms with van der Waals surface area (Å²) in [5.41, 5.74) is 1.50. The van der Waals surface area contributed by atoms with Crippen LogP contribution in [0.25, 0.3) is 0 Å². The van der Waals surface area contributed by atoms with Crippen LogP contribution in [0, 0.1) is 11.8 Å². The number of hydrogen-bond acceptors (Lipinski definition) is 2. The Morgan fingerprint density at radius 2 is 1.82 bits per heavy atom. The van der Waals surface area contributed by atoms with E-state index in [1.165, 1.54) is 31.5 Å². The van der Waals surface area contributed by atoms with Gasteiger partial charge in [0.2, 0.25) is 0 Å². The lowest BCUT2D eigenvalue weighted by Crippen LogP contribution is -2.33. The van der Waals surface area contributed by atoms with Gasteiger partial charge >= 0.3 is 0 Å². The van der Waals surface area contributed by atoms with E-state index in [2.05, 4.69) is 35.6 Å². The molecule has 1 aliphatic carbocycles. The zero-order chi connectivity index (χ0) is 11.7. The second-order valence-corrected chi connectivity index (χ2v) is 5.64. The van der Waals surface area contributed by atoms with E-state index in [0.29, 0.717) is 0 Å². The Balaban J connectivity index is 1.75. The van der Waals surface area contributed by atoms with Gasteiger partial charge in [0.1, 0.15) is 0 Å². The van der Waals surface area contributed by atoms with Gasteiger partial charge in [-0.05, 0) is 43.3 Å². The Labute approximate surface area is 103 Å². The molecule has 1 heterocycles. The maximum absolute atomic E-state index is 5.91. The van der Waals surface area contributed by atoms with Crippen LogP contribution >= 0.6 is 0 Å². The summed E-state index contributed by atoms with van der Waals surface area (Å²) >= 11 is 0. The van der Waals surface area contributed by atoms with Gasteiger partial charge in [-0.3, -0.25) is 0 Å². The Hall–Kier alpha value is -0.860. The molecule has 0 radical (unpaired) electrons. The predicted octanol–water partition coefficient (Wildman–Crippen LogP) is 2.24. The summed E-state index contributed by atoms with van der Waals surface area (Å²) in [5, 5.41) is 3.49. The normalized spacial score (nSPS) is 36.1. The van der Waals surface area contributed by atoms with Crippen molar-refractivity contribution in [2.75, 3.05) is 20.2 Å². The van der Waals surface area contributed by atoms with Crippen LogP contribution in [-0.4, -0.2) is 25.8 Å². The minimum atomic E-state index is 0.0960. The number of ether oxygens (including phenoxy) is 1. The van der Waals surface area contributed by atoms with Gasteiger partial charge in [-0.25, -0.2) is 0 Å². The van der Waals surface area contributed by atoms with Gasteiger partial charge in [0.15, 0.2) is 0 Å². The molecule has 1 aliphatic heterocycles. The highest BCUT2D eigenvalue weighted by Gasteiger charge is 2.47. The summed E-state index contributed by atoms with van der Waals surface area (Å²) in [4.78, 5) is 0. The standard InChI is InChI=1S/C15H21NO/c1-17-15(7-12-5-3-2-4-6-12)8-13-10-16-11-14(13)9-15/h2-6,13-14,16H,7-11H2,1H3/t13-,14+,15?. The fourth-order valence-corrected chi connectivity index (χ4v) is 3.66. The van der Waals surface area contributed by atoms with Crippen molar-refractivity contribution in [3.63, 3.8) is 0 Å². The number of methoxy groups -OCH3 is 1. The van der Waals surface area contributed by atoms with Crippen molar-refractivity contribution in [1.29, 1.82) is 0 Å². The van der Waals surface area contributed by atoms with Crippen LogP contribution in [0.15, 0.2) is 30.3 Å². The molecule has 3 rings (SSSR count). The Kier molecular flexibility index (Phi) is 2.93. The number of hydrogen-bond donors (Lipinski definition) is 1. The molecule has 1 aromatic carbocycles. The van der Waals surface area contributed by atoms with E-state index in [1.807, 2.05) is 7.11 Å². The van der Waals surface area contributed by atoms with Gasteiger partial charge in [-0.1, -0.05) is 30.3 Å². The maximum atomic E-state index is 5.91. The third-order valence-corrected chi connectivity index (χ3v) is 4.55. The highest BCUT2D eigenvalue weighted by molar-refractivity contribution is 5.18. The van der Waals surface area contributed by atoms with Crippen molar-refractivity contribution >= 4 is 0 Å². The molecular weight excluding hydrogens is 210 g/mol. The molecule has 0 bridgehead atoms. The lowest BCUT2D eigenvalue weighted by atomic mass is 9.91. The van der Waals surface area contributed by atoms with E-state index in [4.69, 9.17) is 4.74 Å². The first-order valence-electron chi connectivity index (χ1n) is 6.61. The number of fused-ring (bicyclic) bond motifs is 1. The molecule has 92 valence electrons. The van der Waals surface area contributed by atoms with E-state index >= 15 is 0 Å². The summed E-state index contributed by atoms with van der Waals surface area (Å²) in [5.74, 6) is 1.66. The van der Waals surface area contributed by atoms with Crippen LogP contribution in [0.2, 0.25) is 0 Å². The summed E-state index contributed by atoms with van der Waals surface area (Å²) in [6.07, 6.45) is 3.50. The van der Waals surface area contributed by atoms with Gasteiger partial charge in [0.05, 0.1) is 5.60 Å². The third-order valence-electron chi connectivity index (χ3n) is 4.55. The van der Waals surface area contributed by atoms with E-state index in [0.717, 1.165) is 18.3 Å². The van der Waals surface area contributed by atoms with Crippen molar-refractivity contribution in [3.05, 3.63) is 35.9 Å². The predicted molar refractivity (Wildman–Crippen MR) is 69.0 cm³/mol. The Bertz CT molecular complexity index is 364. The molecule has 3 atom stereocenters. The Morgan fingerprint density at radius 3 is 2.41 bits per heavy atom. The average molecular weight is 231 g/mol. The van der Waals surface area contributed by atoms with Crippen molar-refractivity contribution in [1.82, 2.24) is 5.32 Å². The molecule has 0 amide bonds. The van der Waals surface area contributed by atoms with Gasteiger partial charge in [0, 0.05) is 13.5 Å². The SMILES string of the molecule is COC1(Cc2ccccc2)C[C@H]2CNC[C@H]2C1. The average Bonchev–Trinajstić information content (AvgIpc) is 2.89. The van der Waals surface area contributed by atoms with Gasteiger partial charge in [0.25, 0.3) is 0 Å². The van der Waals surface area contributed by atoms with E-state index in [1.54, 1.807) is 0 Å². The summed E-state index contributed by atoms with van der Waals surface area (Å²) in [6, 6.07) is 10.8. The van der Waals surface area contributed by atoms with Crippen molar-refractivity contribution in [3.8, 4) is 0 Å². The van der Waals surface area contributed by atoms with Crippen molar-refractivity contribution in [2.45, 2.75) is 24.9 Å². The summed E-state index contributed by atoms with van der Waals surface area (Å²) < 4.78 is 5.91. The smallest absolute Gasteiger partial charge is 0.0725 e. The van der Waals surface area contributed by atoms with Crippen LogP contribution in [0.4, 0.5) is 0 Å².